The van der Waals surface area contributed by atoms with Crippen LogP contribution >= 0.6 is 0 Å². The number of benzene rings is 2. The summed E-state index contributed by atoms with van der Waals surface area (Å²) in [5.41, 5.74) is 2.27. The van der Waals surface area contributed by atoms with Gasteiger partial charge >= 0.3 is 5.97 Å². The Morgan fingerprint density at radius 3 is 2.45 bits per heavy atom. The number of Topliss-reactive ketones (excluding diaryl/α,β-unsaturated/α-hetero) is 1. The standard InChI is InChI=1S/C26H30N2O5/c1-6-33-26(31)23-16(2)22(17(3)27-23)24(29)18(4)28(14-15-32-5)25(30)21-13-9-11-19-10-7-8-12-20(19)21/h7-13,18,27H,6,14-15H2,1-5H3. The van der Waals surface area contributed by atoms with Crippen molar-refractivity contribution in [1.82, 2.24) is 9.88 Å². The van der Waals surface area contributed by atoms with Crippen molar-refractivity contribution in [3.63, 3.8) is 0 Å². The number of aromatic amines is 1. The summed E-state index contributed by atoms with van der Waals surface area (Å²) in [5.74, 6) is -1.00. The van der Waals surface area contributed by atoms with Crippen LogP contribution in [0.25, 0.3) is 10.8 Å². The molecule has 0 spiro atoms. The van der Waals surface area contributed by atoms with Crippen LogP contribution in [0.1, 0.15) is 56.3 Å². The smallest absolute Gasteiger partial charge is 0.355 e. The quantitative estimate of drug-likeness (QED) is 0.387. The third-order valence-corrected chi connectivity index (χ3v) is 5.83. The first kappa shape index (κ1) is 24.2. The minimum atomic E-state index is -0.769. The second-order valence-corrected chi connectivity index (χ2v) is 7.90. The maximum absolute atomic E-state index is 13.6. The van der Waals surface area contributed by atoms with Gasteiger partial charge < -0.3 is 19.4 Å². The summed E-state index contributed by atoms with van der Waals surface area (Å²) < 4.78 is 10.3. The molecule has 33 heavy (non-hydrogen) atoms. The highest BCUT2D eigenvalue weighted by Gasteiger charge is 2.32. The molecule has 7 heteroatoms. The van der Waals surface area contributed by atoms with Gasteiger partial charge in [-0.25, -0.2) is 4.79 Å². The molecule has 1 unspecified atom stereocenters. The Bertz CT molecular complexity index is 1180. The summed E-state index contributed by atoms with van der Waals surface area (Å²) in [5, 5.41) is 1.77. The predicted molar refractivity (Wildman–Crippen MR) is 127 cm³/mol. The number of carbonyl (C=O) groups excluding carboxylic acids is 3. The summed E-state index contributed by atoms with van der Waals surface area (Å²) in [6.07, 6.45) is 0. The highest BCUT2D eigenvalue weighted by Crippen LogP contribution is 2.25. The number of ketones is 1. The average Bonchev–Trinajstić information content (AvgIpc) is 3.12. The van der Waals surface area contributed by atoms with Crippen molar-refractivity contribution in [2.75, 3.05) is 26.9 Å². The lowest BCUT2D eigenvalue weighted by atomic mass is 9.98. The predicted octanol–water partition coefficient (Wildman–Crippen LogP) is 4.32. The van der Waals surface area contributed by atoms with Crippen LogP contribution in [-0.2, 0) is 9.47 Å². The van der Waals surface area contributed by atoms with Crippen LogP contribution < -0.4 is 0 Å². The highest BCUT2D eigenvalue weighted by molar-refractivity contribution is 6.11. The fraction of sp³-hybridized carbons (Fsp3) is 0.346. The number of nitrogens with zero attached hydrogens (tertiary/aromatic N) is 1. The van der Waals surface area contributed by atoms with Crippen LogP contribution in [0.15, 0.2) is 42.5 Å². The number of hydrogen-bond donors (Lipinski definition) is 1. The van der Waals surface area contributed by atoms with Crippen LogP contribution in [0.3, 0.4) is 0 Å². The number of methoxy groups -OCH3 is 1. The SMILES string of the molecule is CCOC(=O)c1[nH]c(C)c(C(=O)C(C)N(CCOC)C(=O)c2cccc3ccccc23)c1C. The van der Waals surface area contributed by atoms with E-state index in [4.69, 9.17) is 9.47 Å². The maximum Gasteiger partial charge on any atom is 0.355 e. The molecule has 2 aromatic carbocycles. The molecule has 3 rings (SSSR count). The second-order valence-electron chi connectivity index (χ2n) is 7.90. The van der Waals surface area contributed by atoms with E-state index >= 15 is 0 Å². The molecule has 0 fully saturated rings. The van der Waals surface area contributed by atoms with E-state index in [1.165, 1.54) is 4.90 Å². The number of nitrogens with one attached hydrogen (secondary N) is 1. The Labute approximate surface area is 193 Å². The molecule has 1 aromatic heterocycles. The number of esters is 1. The third kappa shape index (κ3) is 4.83. The molecule has 1 amide bonds. The molecule has 0 aliphatic heterocycles. The van der Waals surface area contributed by atoms with Gasteiger partial charge in [-0.2, -0.15) is 0 Å². The van der Waals surface area contributed by atoms with Crippen LogP contribution in [-0.4, -0.2) is 60.5 Å². The van der Waals surface area contributed by atoms with Crippen molar-refractivity contribution in [2.24, 2.45) is 0 Å². The first-order valence-electron chi connectivity index (χ1n) is 11.0. The highest BCUT2D eigenvalue weighted by atomic mass is 16.5. The van der Waals surface area contributed by atoms with Crippen LogP contribution in [0.4, 0.5) is 0 Å². The van der Waals surface area contributed by atoms with E-state index in [0.29, 0.717) is 22.4 Å². The number of amides is 1. The molecule has 0 saturated heterocycles. The lowest BCUT2D eigenvalue weighted by Crippen LogP contribution is -2.45. The van der Waals surface area contributed by atoms with Gasteiger partial charge in [-0.05, 0) is 50.1 Å². The number of ether oxygens (including phenoxy) is 2. The van der Waals surface area contributed by atoms with Crippen molar-refractivity contribution < 1.29 is 23.9 Å². The molecule has 3 aromatic rings. The van der Waals surface area contributed by atoms with Gasteiger partial charge in [0.15, 0.2) is 5.78 Å². The zero-order valence-corrected chi connectivity index (χ0v) is 19.7. The van der Waals surface area contributed by atoms with Gasteiger partial charge in [0.1, 0.15) is 5.69 Å². The molecule has 174 valence electrons. The fourth-order valence-electron chi connectivity index (χ4n) is 4.10. The number of carbonyl (C=O) groups is 3. The minimum absolute atomic E-state index is 0.236. The molecule has 0 aliphatic carbocycles. The summed E-state index contributed by atoms with van der Waals surface area (Å²) in [7, 11) is 1.55. The van der Waals surface area contributed by atoms with E-state index in [0.717, 1.165) is 10.8 Å². The lowest BCUT2D eigenvalue weighted by Gasteiger charge is -2.29. The third-order valence-electron chi connectivity index (χ3n) is 5.83. The molecule has 0 radical (unpaired) electrons. The normalized spacial score (nSPS) is 11.9. The molecule has 1 N–H and O–H groups in total. The summed E-state index contributed by atoms with van der Waals surface area (Å²) >= 11 is 0. The fourth-order valence-corrected chi connectivity index (χ4v) is 4.10. The van der Waals surface area contributed by atoms with E-state index in [2.05, 4.69) is 4.98 Å². The van der Waals surface area contributed by atoms with Gasteiger partial charge in [0.2, 0.25) is 0 Å². The van der Waals surface area contributed by atoms with Gasteiger partial charge in [-0.3, -0.25) is 9.59 Å². The Hall–Kier alpha value is -3.45. The van der Waals surface area contributed by atoms with Gasteiger partial charge in [0.05, 0.1) is 19.3 Å². The van der Waals surface area contributed by atoms with Gasteiger partial charge in [0, 0.05) is 30.5 Å². The van der Waals surface area contributed by atoms with Crippen LogP contribution in [0.2, 0.25) is 0 Å². The zero-order valence-electron chi connectivity index (χ0n) is 19.7. The molecule has 0 bridgehead atoms. The number of H-pyrrole nitrogens is 1. The van der Waals surface area contributed by atoms with Crippen molar-refractivity contribution >= 4 is 28.4 Å². The van der Waals surface area contributed by atoms with Crippen LogP contribution in [0, 0.1) is 13.8 Å². The molecule has 1 heterocycles. The molecule has 0 aliphatic rings. The number of aromatic nitrogens is 1. The number of hydrogen-bond acceptors (Lipinski definition) is 5. The minimum Gasteiger partial charge on any atom is -0.461 e. The Balaban J connectivity index is 1.99. The van der Waals surface area contributed by atoms with E-state index in [9.17, 15) is 14.4 Å². The van der Waals surface area contributed by atoms with Gasteiger partial charge in [0.25, 0.3) is 5.91 Å². The second kappa shape index (κ2) is 10.4. The lowest BCUT2D eigenvalue weighted by molar-refractivity contribution is 0.0518. The average molecular weight is 451 g/mol. The van der Waals surface area contributed by atoms with Crippen molar-refractivity contribution in [3.05, 3.63) is 70.5 Å². The van der Waals surface area contributed by atoms with Crippen LogP contribution in [0.5, 0.6) is 0 Å². The van der Waals surface area contributed by atoms with E-state index < -0.39 is 12.0 Å². The number of fused-ring (bicyclic) bond motifs is 1. The van der Waals surface area contributed by atoms with E-state index in [1.54, 1.807) is 40.9 Å². The molecular formula is C26H30N2O5. The van der Waals surface area contributed by atoms with Gasteiger partial charge in [-0.15, -0.1) is 0 Å². The van der Waals surface area contributed by atoms with Crippen molar-refractivity contribution in [1.29, 1.82) is 0 Å². The van der Waals surface area contributed by atoms with Crippen molar-refractivity contribution in [2.45, 2.75) is 33.7 Å². The van der Waals surface area contributed by atoms with Crippen molar-refractivity contribution in [3.8, 4) is 0 Å². The Kier molecular flexibility index (Phi) is 7.66. The van der Waals surface area contributed by atoms with E-state index in [-0.39, 0.29) is 37.1 Å². The Morgan fingerprint density at radius 1 is 1.06 bits per heavy atom. The molecule has 7 nitrogen and oxygen atoms in total. The summed E-state index contributed by atoms with van der Waals surface area (Å²) in [4.78, 5) is 44.0. The number of rotatable bonds is 9. The summed E-state index contributed by atoms with van der Waals surface area (Å²) in [6, 6.07) is 12.4. The van der Waals surface area contributed by atoms with E-state index in [1.807, 2.05) is 36.4 Å². The first-order valence-corrected chi connectivity index (χ1v) is 11.0. The molecule has 1 atom stereocenters. The molecular weight excluding hydrogens is 420 g/mol. The maximum atomic E-state index is 13.6. The first-order chi connectivity index (χ1) is 15.8. The Morgan fingerprint density at radius 2 is 1.76 bits per heavy atom. The largest absolute Gasteiger partial charge is 0.461 e. The molecule has 0 saturated carbocycles. The topological polar surface area (TPSA) is 88.7 Å². The monoisotopic (exact) mass is 450 g/mol. The van der Waals surface area contributed by atoms with Gasteiger partial charge in [-0.1, -0.05) is 36.4 Å². The summed E-state index contributed by atoms with van der Waals surface area (Å²) in [6.45, 7) is 7.65. The zero-order chi connectivity index (χ0) is 24.1. The number of aryl methyl sites for hydroxylation is 1.